The van der Waals surface area contributed by atoms with Crippen LogP contribution in [0.15, 0.2) is 139 Å². The number of ketones is 1. The predicted molar refractivity (Wildman–Crippen MR) is 622 cm³/mol. The molecule has 8 heterocycles. The fourth-order valence-corrected chi connectivity index (χ4v) is 19.4. The van der Waals surface area contributed by atoms with Crippen LogP contribution in [0.5, 0.6) is 0 Å². The Kier molecular flexibility index (Phi) is 75.4. The van der Waals surface area contributed by atoms with Gasteiger partial charge in [0, 0.05) is 151 Å². The maximum atomic E-state index is 12.5. The second kappa shape index (κ2) is 77.1. The van der Waals surface area contributed by atoms with Gasteiger partial charge < -0.3 is 175 Å². The number of amides is 4. The number of halogens is 6. The summed E-state index contributed by atoms with van der Waals surface area (Å²) in [5.41, 5.74) is 11.9. The van der Waals surface area contributed by atoms with Crippen LogP contribution >= 0.6 is 182 Å². The molecule has 4 saturated heterocycles. The molecule has 805 valence electrons. The number of rotatable bonds is 21. The summed E-state index contributed by atoms with van der Waals surface area (Å²) in [5, 5.41) is 18.5. The molecule has 8 aliphatic rings. The van der Waals surface area contributed by atoms with Crippen molar-refractivity contribution in [3.8, 4) is 0 Å². The van der Waals surface area contributed by atoms with Crippen LogP contribution in [0.1, 0.15) is 308 Å². The van der Waals surface area contributed by atoms with Crippen molar-refractivity contribution in [2.24, 2.45) is 0 Å². The summed E-state index contributed by atoms with van der Waals surface area (Å²) in [5.74, 6) is -0.248. The van der Waals surface area contributed by atoms with Gasteiger partial charge in [0.2, 0.25) is 0 Å². The van der Waals surface area contributed by atoms with Crippen molar-refractivity contribution in [2.45, 2.75) is 305 Å². The first-order valence-corrected chi connectivity index (χ1v) is 58.3. The number of Topliss-reactive ketones (excluding diaryl/α,β-unsaturated/α-hetero) is 1. The van der Waals surface area contributed by atoms with Crippen LogP contribution in [-0.2, 0) is 154 Å². The molecule has 4 amide bonds. The Labute approximate surface area is 1030 Å². The average Bonchev–Trinajstić information content (AvgIpc) is 1.61. The molecule has 42 heteroatoms. The van der Waals surface area contributed by atoms with Gasteiger partial charge in [-0.25, -0.2) is 19.2 Å². The SMILES string of the molecule is CC1(C)OB(C2=CCC3(CC2)OCCO3)OC1(C)C.CC[CH-]I.CC[CH-]I.CC[CH-]I.CC[CH-]I.CC[CH-]I.CO.Cc1nsc(C2=CCC3(CC2)OCCO3)c1NC(=O)O[C@H](C)c1ccccc1.Cc1nsc(C2CCC(=O)CC2)c1NC(=O)O[C@H](C)c1ccccc1.Cc1nsc(C2CCC3(CC2)OCCO3)c1NC(=O)O[C@H](C)c1ccccc1.Cc1nsc(I)c1NC(=O)O[C@H](C)c1ccccc1.[V].[V].[V].[V].[V]. The largest absolute Gasteiger partial charge is 0.490 e. The minimum atomic E-state index is -0.479. The van der Waals surface area contributed by atoms with E-state index in [9.17, 15) is 24.0 Å². The average molecular weight is 2950 g/mol. The molecule has 4 aliphatic carbocycles. The third-order valence-corrected chi connectivity index (χ3v) is 33.1. The van der Waals surface area contributed by atoms with Crippen LogP contribution in [0.4, 0.5) is 41.9 Å². The number of benzene rings is 4. The smallest absolute Gasteiger partial charge is 0.441 e. The Morgan fingerprint density at radius 1 is 0.411 bits per heavy atom. The molecule has 4 aromatic carbocycles. The first kappa shape index (κ1) is 143. The number of aryl methyl sites for hydroxylation is 4. The van der Waals surface area contributed by atoms with Crippen LogP contribution in [0.3, 0.4) is 0 Å². The Hall–Kier alpha value is -1.36. The third kappa shape index (κ3) is 48.2. The molecule has 6 fully saturated rings. The van der Waals surface area contributed by atoms with E-state index >= 15 is 0 Å². The van der Waals surface area contributed by atoms with E-state index in [-0.39, 0.29) is 153 Å². The molecule has 5 radical (unpaired) electrons. The van der Waals surface area contributed by atoms with Crippen LogP contribution in [0.25, 0.3) is 5.57 Å². The molecular formula is C104H142BI6N8O18S4V5-5. The Bertz CT molecular complexity index is 4950. The Balaban J connectivity index is 0.000000864. The number of hydrogen-bond donors (Lipinski definition) is 5. The zero-order valence-corrected chi connectivity index (χ0v) is 110. The molecule has 8 aromatic rings. The number of nitrogens with zero attached hydrogens (tertiary/aromatic N) is 4. The summed E-state index contributed by atoms with van der Waals surface area (Å²) in [6.45, 7) is 38.0. The van der Waals surface area contributed by atoms with E-state index < -0.39 is 30.2 Å². The molecule has 4 atom stereocenters. The summed E-state index contributed by atoms with van der Waals surface area (Å²) in [6.07, 6.45) is 18.6. The van der Waals surface area contributed by atoms with E-state index in [2.05, 4.69) is 271 Å². The summed E-state index contributed by atoms with van der Waals surface area (Å²) >= 11 is 18.9. The first-order chi connectivity index (χ1) is 67.6. The normalized spacial score (nSPS) is 17.2. The zero-order valence-electron chi connectivity index (χ0n) is 86.6. The number of hydrogen-bond acceptors (Lipinski definition) is 26. The fourth-order valence-electron chi connectivity index (χ4n) is 15.1. The quantitative estimate of drug-likeness (QED) is 0.0193. The first-order valence-electron chi connectivity index (χ1n) is 47.9. The number of aliphatic hydroxyl groups is 1. The van der Waals surface area contributed by atoms with Crippen LogP contribution in [-0.4, -0.2) is 135 Å². The van der Waals surface area contributed by atoms with Gasteiger partial charge in [0.25, 0.3) is 0 Å². The maximum absolute atomic E-state index is 12.5. The number of carbonyl (C=O) groups excluding carboxylic acids is 5. The van der Waals surface area contributed by atoms with Gasteiger partial charge >= 0.3 is 31.5 Å². The second-order valence-corrected chi connectivity index (χ2v) is 43.8. The summed E-state index contributed by atoms with van der Waals surface area (Å²) in [4.78, 5) is 63.7. The number of anilines is 4. The van der Waals surface area contributed by atoms with Crippen molar-refractivity contribution < 1.29 is 179 Å². The van der Waals surface area contributed by atoms with Gasteiger partial charge in [0.1, 0.15) is 33.1 Å². The number of allylic oxidation sites excluding steroid dienone is 2. The number of ether oxygens (including phenoxy) is 10. The van der Waals surface area contributed by atoms with Gasteiger partial charge in [0.15, 0.2) is 17.4 Å². The fraction of sp³-hybridized carbons (Fsp3) is 0.519. The number of aliphatic hydroxyl groups excluding tert-OH is 1. The summed E-state index contributed by atoms with van der Waals surface area (Å²) in [6, 6.07) is 38.6. The number of aromatic nitrogens is 4. The van der Waals surface area contributed by atoms with Crippen LogP contribution in [0.2, 0.25) is 0 Å². The molecule has 5 N–H and O–H groups in total. The van der Waals surface area contributed by atoms with E-state index in [0.29, 0.717) is 70.6 Å². The Morgan fingerprint density at radius 2 is 0.692 bits per heavy atom. The number of carbonyl (C=O) groups is 5. The van der Waals surface area contributed by atoms with Gasteiger partial charge in [0.05, 0.1) is 111 Å². The Morgan fingerprint density at radius 3 is 0.993 bits per heavy atom. The molecule has 4 aliphatic heterocycles. The molecule has 16 rings (SSSR count). The van der Waals surface area contributed by atoms with Crippen molar-refractivity contribution in [3.63, 3.8) is 0 Å². The molecule has 146 heavy (non-hydrogen) atoms. The number of nitrogens with one attached hydrogen (secondary N) is 4. The molecule has 26 nitrogen and oxygen atoms in total. The van der Waals surface area contributed by atoms with E-state index in [1.54, 1.807) is 0 Å². The maximum Gasteiger partial charge on any atom is 0.490 e. The van der Waals surface area contributed by atoms with Crippen molar-refractivity contribution in [2.75, 3.05) is 68.0 Å². The molecule has 3 spiro atoms. The summed E-state index contributed by atoms with van der Waals surface area (Å²) < 4.78 is 97.7. The monoisotopic (exact) mass is 2950 g/mol. The molecular weight excluding hydrogens is 2800 g/mol. The van der Waals surface area contributed by atoms with Crippen LogP contribution < -0.4 is 21.3 Å². The summed E-state index contributed by atoms with van der Waals surface area (Å²) in [7, 11) is 0.781. The third-order valence-electron chi connectivity index (χ3n) is 23.6. The topological polar surface area (TPSA) is 316 Å². The van der Waals surface area contributed by atoms with Gasteiger partial charge in [-0.15, -0.1) is 0 Å². The van der Waals surface area contributed by atoms with Gasteiger partial charge in [-0.1, -0.05) is 168 Å². The van der Waals surface area contributed by atoms with Crippen molar-refractivity contribution in [1.29, 1.82) is 0 Å². The van der Waals surface area contributed by atoms with Crippen molar-refractivity contribution in [3.05, 3.63) is 224 Å². The van der Waals surface area contributed by atoms with Crippen LogP contribution in [0, 0.1) is 52.7 Å². The standard InChI is InChI=1S/C21H26N2O4S.C21H24N2O4S.C19H22N2O3S.C14H23BO4.C13H13IN2O2S.5C3H6I.CH4O.5V/c2*1-14-18(22-20(24)27-15(2)16-6-4-3-5-7-16)19(28-23-14)17-8-10-21(11-9-17)25-12-13-26-21;1-12-17(18(25-21-12)15-8-10-16(22)11-9-15)20-19(23)24-13(2)14-6-4-3-5-7-14;1-12(2)13(3,4)19-15(18-12)11-5-7-14(8-6-11)16-9-10-17-14;1-8-11(12(14)19-16-8)15-13(17)18-9(2)10-6-4-3-5-7-10;5*1-2-3-4;1-2;;;;;/h3-7,15,17H,8-13H2,1-2H3,(H,22,24);3-8,15H,9-13H2,1-2H3,(H,22,24);3-7,13,15H,8-11H2,1-2H3,(H,20,23);5H,6-10H2,1-4H3;3-7,9H,1-2H3,(H,15,17);5*3H,2H2,1H3;2H,1H3;;;;;/q;;;;;5*-1;;;;;;/t2*15-;13-;;9-;;;;;;;;;;;/m111.1.........../s1. The molecule has 0 unspecified atom stereocenters. The van der Waals surface area contributed by atoms with E-state index in [0.717, 1.165) is 163 Å². The van der Waals surface area contributed by atoms with Gasteiger partial charge in [-0.2, -0.15) is 49.6 Å². The van der Waals surface area contributed by atoms with Crippen molar-refractivity contribution >= 4 is 247 Å². The van der Waals surface area contributed by atoms with E-state index in [4.69, 9.17) is 61.8 Å². The zero-order chi connectivity index (χ0) is 104. The molecule has 0 bridgehead atoms. The minimum Gasteiger partial charge on any atom is -0.441 e. The molecule has 4 aromatic heterocycles. The van der Waals surface area contributed by atoms with E-state index in [1.165, 1.54) is 89.3 Å². The van der Waals surface area contributed by atoms with Gasteiger partial charge in [-0.05, 0) is 235 Å². The minimum absolute atomic E-state index is 0. The molecule has 2 saturated carbocycles. The second-order valence-electron chi connectivity index (χ2n) is 34.5. The van der Waals surface area contributed by atoms with E-state index in [1.807, 2.05) is 177 Å². The van der Waals surface area contributed by atoms with Crippen molar-refractivity contribution in [1.82, 2.24) is 17.5 Å². The predicted octanol–water partition coefficient (Wildman–Crippen LogP) is 31.6. The van der Waals surface area contributed by atoms with Gasteiger partial charge in [-0.3, -0.25) is 48.2 Å².